The van der Waals surface area contributed by atoms with Gasteiger partial charge >= 0.3 is 0 Å². The van der Waals surface area contributed by atoms with Crippen molar-refractivity contribution < 1.29 is 28.7 Å². The van der Waals surface area contributed by atoms with Crippen molar-refractivity contribution in [3.05, 3.63) is 60.0 Å². The number of para-hydroxylation sites is 1. The number of amides is 5. The fourth-order valence-corrected chi connectivity index (χ4v) is 9.21. The zero-order valence-electron chi connectivity index (χ0n) is 33.5. The van der Waals surface area contributed by atoms with Gasteiger partial charge in [0.2, 0.25) is 17.7 Å². The Morgan fingerprint density at radius 3 is 2.11 bits per heavy atom. The number of hydrogen-bond acceptors (Lipinski definition) is 7. The van der Waals surface area contributed by atoms with Crippen molar-refractivity contribution in [2.75, 3.05) is 27.2 Å². The molecule has 12 heteroatoms. The monoisotopic (exact) mass is 770 g/mol. The van der Waals surface area contributed by atoms with Gasteiger partial charge in [-0.15, -0.1) is 0 Å². The predicted molar refractivity (Wildman–Crippen MR) is 216 cm³/mol. The Labute approximate surface area is 331 Å². The Balaban J connectivity index is 1.12. The molecule has 2 saturated carbocycles. The maximum atomic E-state index is 14.2. The molecule has 0 bridgehead atoms. The molecule has 56 heavy (non-hydrogen) atoms. The Morgan fingerprint density at radius 2 is 1.46 bits per heavy atom. The largest absolute Gasteiger partial charge is 0.499 e. The van der Waals surface area contributed by atoms with E-state index in [4.69, 9.17) is 4.74 Å². The van der Waals surface area contributed by atoms with Crippen LogP contribution in [-0.2, 0) is 35.1 Å². The summed E-state index contributed by atoms with van der Waals surface area (Å²) in [6.07, 6.45) is 20.0. The molecular weight excluding hydrogens is 709 g/mol. The fraction of sp³-hybridized carbons (Fsp3) is 0.614. The number of benzene rings is 1. The zero-order chi connectivity index (χ0) is 39.6. The third kappa shape index (κ3) is 10.7. The lowest BCUT2D eigenvalue weighted by molar-refractivity contribution is -0.139. The highest BCUT2D eigenvalue weighted by molar-refractivity contribution is 6.08. The van der Waals surface area contributed by atoms with Crippen molar-refractivity contribution in [1.29, 1.82) is 0 Å². The van der Waals surface area contributed by atoms with E-state index < -0.39 is 36.0 Å². The van der Waals surface area contributed by atoms with Gasteiger partial charge in [-0.25, -0.2) is 0 Å². The van der Waals surface area contributed by atoms with Gasteiger partial charge in [-0.1, -0.05) is 88.5 Å². The zero-order valence-corrected chi connectivity index (χ0v) is 33.5. The number of fused-ring (bicyclic) bond motifs is 1. The highest BCUT2D eigenvalue weighted by atomic mass is 16.5. The number of imide groups is 1. The van der Waals surface area contributed by atoms with Crippen molar-refractivity contribution in [1.82, 2.24) is 30.7 Å². The number of likely N-dealkylation sites (tertiary alicyclic amines) is 1. The Kier molecular flexibility index (Phi) is 14.4. The third-order valence-corrected chi connectivity index (χ3v) is 12.5. The quantitative estimate of drug-likeness (QED) is 0.180. The first-order valence-corrected chi connectivity index (χ1v) is 21.0. The number of nitrogens with zero attached hydrogens (tertiary/aromatic N) is 2. The van der Waals surface area contributed by atoms with Crippen molar-refractivity contribution in [2.24, 2.45) is 17.8 Å². The summed E-state index contributed by atoms with van der Waals surface area (Å²) in [5, 5.41) is 10.3. The average Bonchev–Trinajstić information content (AvgIpc) is 3.76. The first-order valence-electron chi connectivity index (χ1n) is 21.0. The van der Waals surface area contributed by atoms with Crippen LogP contribution in [0, 0.1) is 17.8 Å². The minimum atomic E-state index is -0.791. The van der Waals surface area contributed by atoms with Gasteiger partial charge in [0.25, 0.3) is 11.8 Å². The normalized spacial score (nSPS) is 22.1. The van der Waals surface area contributed by atoms with Gasteiger partial charge in [-0.2, -0.15) is 0 Å². The molecular formula is C44H62N6O6. The molecule has 3 heterocycles. The summed E-state index contributed by atoms with van der Waals surface area (Å²) >= 11 is 0. The standard InChI is InChI=1S/C44H62N6O6/c1-29(18-19-40(51)50-38(39(56-3)27-41(50)52)26-33-28-45-35-17-11-10-16-34(33)35)46-43(54)36(24-30-12-6-4-7-13-30)48-44(55)37(25-31-14-8-5-9-15-31)47-42(53)32-20-22-49(2)23-21-32/h10-11,16-19,27-32,36-38,45H,4-9,12-15,20-26H2,1-3H3,(H,46,54)(H,47,53)(H,48,55)/t29-,36-,37-,38-/m0/s1. The third-order valence-electron chi connectivity index (χ3n) is 12.5. The summed E-state index contributed by atoms with van der Waals surface area (Å²) in [5.41, 5.74) is 1.92. The molecule has 4 N–H and O–H groups in total. The summed E-state index contributed by atoms with van der Waals surface area (Å²) in [5.74, 6) is -0.735. The van der Waals surface area contributed by atoms with Crippen molar-refractivity contribution in [3.8, 4) is 0 Å². The maximum Gasteiger partial charge on any atom is 0.257 e. The SMILES string of the molecule is COC1=CC(=O)N(C(=O)C=C[C@H](C)NC(=O)[C@H](CC2CCCCC2)NC(=O)[C@H](CC2CCCCC2)NC(=O)C2CCN(C)CC2)[C@H]1Cc1c[nH]c2ccccc12. The molecule has 0 unspecified atom stereocenters. The molecule has 2 aromatic rings. The Hall–Kier alpha value is -4.45. The molecule has 2 aliphatic heterocycles. The Bertz CT molecular complexity index is 1750. The van der Waals surface area contributed by atoms with Crippen LogP contribution < -0.4 is 16.0 Å². The smallest absolute Gasteiger partial charge is 0.257 e. The topological polar surface area (TPSA) is 153 Å². The number of piperidine rings is 1. The van der Waals surface area contributed by atoms with E-state index in [1.54, 1.807) is 13.0 Å². The van der Waals surface area contributed by atoms with Crippen LogP contribution in [0.25, 0.3) is 10.9 Å². The van der Waals surface area contributed by atoms with E-state index in [1.807, 2.05) is 30.5 Å². The molecule has 3 fully saturated rings. The highest BCUT2D eigenvalue weighted by Gasteiger charge is 2.38. The number of carbonyl (C=O) groups is 5. The van der Waals surface area contributed by atoms with E-state index in [0.29, 0.717) is 36.9 Å². The molecule has 4 aliphatic rings. The molecule has 12 nitrogen and oxygen atoms in total. The second-order valence-corrected chi connectivity index (χ2v) is 16.7. The summed E-state index contributed by atoms with van der Waals surface area (Å²) in [6.45, 7) is 3.47. The van der Waals surface area contributed by atoms with Crippen LogP contribution in [0.4, 0.5) is 0 Å². The van der Waals surface area contributed by atoms with Gasteiger partial charge in [0.05, 0.1) is 7.11 Å². The lowest BCUT2D eigenvalue weighted by atomic mass is 9.83. The number of carbonyl (C=O) groups excluding carboxylic acids is 5. The van der Waals surface area contributed by atoms with E-state index in [-0.39, 0.29) is 23.6 Å². The molecule has 0 radical (unpaired) electrons. The Morgan fingerprint density at radius 1 is 0.857 bits per heavy atom. The van der Waals surface area contributed by atoms with Crippen LogP contribution in [0.2, 0.25) is 0 Å². The molecule has 304 valence electrons. The van der Waals surface area contributed by atoms with E-state index in [2.05, 4.69) is 32.9 Å². The van der Waals surface area contributed by atoms with Crippen molar-refractivity contribution in [3.63, 3.8) is 0 Å². The second kappa shape index (κ2) is 19.6. The molecule has 4 atom stereocenters. The van der Waals surface area contributed by atoms with Crippen LogP contribution >= 0.6 is 0 Å². The minimum Gasteiger partial charge on any atom is -0.499 e. The number of H-pyrrole nitrogens is 1. The molecule has 2 aliphatic carbocycles. The molecule has 0 spiro atoms. The van der Waals surface area contributed by atoms with E-state index in [9.17, 15) is 24.0 Å². The van der Waals surface area contributed by atoms with Crippen molar-refractivity contribution in [2.45, 2.75) is 127 Å². The number of ether oxygens (including phenoxy) is 1. The van der Waals surface area contributed by atoms with Crippen molar-refractivity contribution >= 4 is 40.4 Å². The van der Waals surface area contributed by atoms with E-state index in [1.165, 1.54) is 37.0 Å². The molecule has 1 saturated heterocycles. The van der Waals surface area contributed by atoms with Crippen LogP contribution in [-0.4, -0.2) is 95.7 Å². The van der Waals surface area contributed by atoms with Gasteiger partial charge in [0.1, 0.15) is 23.9 Å². The number of hydrogen-bond donors (Lipinski definition) is 4. The lowest BCUT2D eigenvalue weighted by Crippen LogP contribution is -2.56. The first-order chi connectivity index (χ1) is 27.1. The van der Waals surface area contributed by atoms with Gasteiger partial charge in [0, 0.05) is 47.6 Å². The molecule has 5 amide bonds. The van der Waals surface area contributed by atoms with Crippen LogP contribution in [0.3, 0.4) is 0 Å². The maximum absolute atomic E-state index is 14.2. The summed E-state index contributed by atoms with van der Waals surface area (Å²) in [4.78, 5) is 75.1. The van der Waals surface area contributed by atoms with Crippen LogP contribution in [0.1, 0.15) is 102 Å². The molecule has 6 rings (SSSR count). The van der Waals surface area contributed by atoms with E-state index in [0.717, 1.165) is 93.8 Å². The average molecular weight is 771 g/mol. The van der Waals surface area contributed by atoms with Gasteiger partial charge in [-0.3, -0.25) is 28.9 Å². The first kappa shape index (κ1) is 41.2. The molecule has 1 aromatic heterocycles. The van der Waals surface area contributed by atoms with Crippen LogP contribution in [0.15, 0.2) is 54.4 Å². The number of rotatable bonds is 15. The fourth-order valence-electron chi connectivity index (χ4n) is 9.21. The van der Waals surface area contributed by atoms with Gasteiger partial charge in [-0.05, 0) is 76.2 Å². The summed E-state index contributed by atoms with van der Waals surface area (Å²) in [7, 11) is 3.55. The number of nitrogens with one attached hydrogen (secondary N) is 4. The lowest BCUT2D eigenvalue weighted by Gasteiger charge is -2.32. The van der Waals surface area contributed by atoms with Gasteiger partial charge < -0.3 is 30.6 Å². The highest BCUT2D eigenvalue weighted by Crippen LogP contribution is 2.31. The summed E-state index contributed by atoms with van der Waals surface area (Å²) < 4.78 is 5.54. The number of aromatic nitrogens is 1. The number of methoxy groups -OCH3 is 1. The molecule has 1 aromatic carbocycles. The predicted octanol–water partition coefficient (Wildman–Crippen LogP) is 5.29. The summed E-state index contributed by atoms with van der Waals surface area (Å²) in [6, 6.07) is 5.18. The minimum absolute atomic E-state index is 0.0706. The van der Waals surface area contributed by atoms with Crippen LogP contribution in [0.5, 0.6) is 0 Å². The number of aromatic amines is 1. The second-order valence-electron chi connectivity index (χ2n) is 16.7. The van der Waals surface area contributed by atoms with Gasteiger partial charge in [0.15, 0.2) is 0 Å². The van der Waals surface area contributed by atoms with E-state index >= 15 is 0 Å².